The third kappa shape index (κ3) is 7.84. The second-order valence-electron chi connectivity index (χ2n) is 13.5. The van der Waals surface area contributed by atoms with Gasteiger partial charge in [-0.1, -0.05) is 79.9 Å². The van der Waals surface area contributed by atoms with Crippen LogP contribution in [0.15, 0.2) is 101 Å². The van der Waals surface area contributed by atoms with Crippen molar-refractivity contribution in [3.05, 3.63) is 129 Å². The van der Waals surface area contributed by atoms with E-state index in [0.29, 0.717) is 11.5 Å². The summed E-state index contributed by atoms with van der Waals surface area (Å²) < 4.78 is 51.4. The number of nitrogens with zero attached hydrogens (tertiary/aromatic N) is 1. The van der Waals surface area contributed by atoms with Crippen LogP contribution in [0.4, 0.5) is 0 Å². The maximum absolute atomic E-state index is 13.2. The summed E-state index contributed by atoms with van der Waals surface area (Å²) in [5.74, 6) is 1.35. The van der Waals surface area contributed by atoms with Crippen molar-refractivity contribution < 1.29 is 32.5 Å². The molecule has 1 aromatic heterocycles. The fourth-order valence-corrected chi connectivity index (χ4v) is 7.88. The molecule has 266 valence electrons. The van der Waals surface area contributed by atoms with E-state index >= 15 is 0 Å². The summed E-state index contributed by atoms with van der Waals surface area (Å²) in [6.45, 7) is 10.3. The predicted octanol–water partition coefficient (Wildman–Crippen LogP) is 6.44. The third-order valence-electron chi connectivity index (χ3n) is 9.49. The van der Waals surface area contributed by atoms with Gasteiger partial charge in [0.25, 0.3) is 5.56 Å². The Bertz CT molecular complexity index is 1830. The third-order valence-corrected chi connectivity index (χ3v) is 14.6. The summed E-state index contributed by atoms with van der Waals surface area (Å²) in [5, 5.41) is -0.242. The highest BCUT2D eigenvalue weighted by Gasteiger charge is 2.54. The van der Waals surface area contributed by atoms with Gasteiger partial charge in [0, 0.05) is 12.3 Å². The Morgan fingerprint density at radius 3 is 1.86 bits per heavy atom. The average Bonchev–Trinajstić information content (AvgIpc) is 3.40. The van der Waals surface area contributed by atoms with Crippen LogP contribution in [0.2, 0.25) is 18.1 Å². The molecule has 2 heterocycles. The number of aromatic nitrogens is 2. The monoisotopic (exact) mass is 738 g/mol. The second kappa shape index (κ2) is 15.4. The first-order valence-electron chi connectivity index (χ1n) is 16.1. The van der Waals surface area contributed by atoms with Crippen molar-refractivity contribution in [3.8, 4) is 11.5 Å². The minimum absolute atomic E-state index is 0.109. The molecule has 0 radical (unpaired) electrons. The Kier molecular flexibility index (Phi) is 11.6. The summed E-state index contributed by atoms with van der Waals surface area (Å²) >= 11 is 5.08. The van der Waals surface area contributed by atoms with Gasteiger partial charge in [-0.05, 0) is 59.1 Å². The molecule has 0 bridgehead atoms. The fourth-order valence-electron chi connectivity index (χ4n) is 5.84. The van der Waals surface area contributed by atoms with Gasteiger partial charge in [-0.25, -0.2) is 4.79 Å². The van der Waals surface area contributed by atoms with Crippen LogP contribution >= 0.6 is 7.23 Å². The van der Waals surface area contributed by atoms with Gasteiger partial charge >= 0.3 is 12.9 Å². The molecule has 5 rings (SSSR count). The van der Waals surface area contributed by atoms with Gasteiger partial charge in [-0.2, -0.15) is 4.52 Å². The van der Waals surface area contributed by atoms with Crippen molar-refractivity contribution >= 4 is 27.8 Å². The van der Waals surface area contributed by atoms with Crippen LogP contribution in [0, 0.1) is 0 Å². The molecule has 5 atom stereocenters. The highest BCUT2D eigenvalue weighted by atomic mass is 32.7. The lowest BCUT2D eigenvalue weighted by Crippen LogP contribution is -2.50. The topological polar surface area (TPSA) is 127 Å². The van der Waals surface area contributed by atoms with Crippen molar-refractivity contribution in [3.63, 3.8) is 0 Å². The molecule has 1 saturated heterocycles. The van der Waals surface area contributed by atoms with Crippen molar-refractivity contribution in [1.82, 2.24) is 9.55 Å². The van der Waals surface area contributed by atoms with E-state index in [0.717, 1.165) is 16.7 Å². The van der Waals surface area contributed by atoms with Gasteiger partial charge in [0.1, 0.15) is 29.3 Å². The van der Waals surface area contributed by atoms with E-state index in [2.05, 4.69) is 38.8 Å². The van der Waals surface area contributed by atoms with Crippen LogP contribution in [0.5, 0.6) is 11.5 Å². The Hall–Kier alpha value is -3.55. The zero-order valence-corrected chi connectivity index (χ0v) is 31.9. The zero-order chi connectivity index (χ0) is 36.3. The number of benzene rings is 3. The largest absolute Gasteiger partial charge is 0.497 e. The van der Waals surface area contributed by atoms with E-state index in [-0.39, 0.29) is 11.6 Å². The summed E-state index contributed by atoms with van der Waals surface area (Å²) in [7, 11) is -1.92. The molecule has 0 aliphatic carbocycles. The summed E-state index contributed by atoms with van der Waals surface area (Å²) in [6, 6.07) is 26.2. The normalized spacial score (nSPS) is 20.0. The van der Waals surface area contributed by atoms with E-state index in [4.69, 9.17) is 40.1 Å². The molecule has 1 unspecified atom stereocenters. The first-order chi connectivity index (χ1) is 23.7. The number of rotatable bonds is 13. The Morgan fingerprint density at radius 1 is 0.840 bits per heavy atom. The summed E-state index contributed by atoms with van der Waals surface area (Å²) in [5.41, 5.74) is -0.0397. The molecule has 1 aliphatic heterocycles. The van der Waals surface area contributed by atoms with Crippen molar-refractivity contribution in [1.29, 1.82) is 0 Å². The summed E-state index contributed by atoms with van der Waals surface area (Å²) in [6.07, 6.45) is -2.57. The molecule has 1 fully saturated rings. The van der Waals surface area contributed by atoms with Crippen molar-refractivity contribution in [2.75, 3.05) is 20.8 Å². The molecule has 3 aromatic carbocycles. The standard InChI is InChI=1S/C36H43N2O9PSSi/c1-35(2,3)50(6,7)47-32-31(46-48(41)49)29(45-33(32)38-22-21-30(39)37-34(38)40)23-44-36(24-11-9-8-10-12-24,25-13-17-27(42-4)18-14-25)26-15-19-28(43-5)20-16-26/h8-22,29,31-33H,23H2,1-7H3,(H,37,39,40)/t29-,31-,32-,33-/m1/s1. The van der Waals surface area contributed by atoms with E-state index in [1.54, 1.807) is 14.2 Å². The maximum atomic E-state index is 13.2. The SMILES string of the molecule is COc1ccc(C(OC[C@H]2O[C@@H](n3ccc(=O)[nH]c3=O)[C@H](O[Si](C)(C)C(C)(C)C)[C@@H]2O[P+](=O)[S-])(c2ccccc2)c2ccc(OC)cc2)cc1. The number of hydrogen-bond acceptors (Lipinski definition) is 10. The smallest absolute Gasteiger partial charge is 0.372 e. The molecule has 11 nitrogen and oxygen atoms in total. The van der Waals surface area contributed by atoms with Crippen LogP contribution in [0.1, 0.15) is 43.7 Å². The Labute approximate surface area is 299 Å². The molecular weight excluding hydrogens is 696 g/mol. The number of ether oxygens (including phenoxy) is 4. The number of hydrogen-bond donors (Lipinski definition) is 1. The van der Waals surface area contributed by atoms with Crippen molar-refractivity contribution in [2.45, 2.75) is 69.0 Å². The molecule has 0 spiro atoms. The first-order valence-corrected chi connectivity index (χ1v) is 21.2. The lowest BCUT2D eigenvalue weighted by molar-refractivity contribution is -0.0932. The lowest BCUT2D eigenvalue weighted by Gasteiger charge is -2.40. The van der Waals surface area contributed by atoms with Gasteiger partial charge in [0.05, 0.1) is 20.8 Å². The Morgan fingerprint density at radius 2 is 1.38 bits per heavy atom. The molecule has 0 saturated carbocycles. The Balaban J connectivity index is 1.65. The number of H-pyrrole nitrogens is 1. The van der Waals surface area contributed by atoms with E-state index in [1.807, 2.05) is 78.9 Å². The van der Waals surface area contributed by atoms with Crippen LogP contribution in [0.3, 0.4) is 0 Å². The quantitative estimate of drug-likeness (QED) is 0.0709. The maximum Gasteiger partial charge on any atom is 0.372 e. The molecule has 0 amide bonds. The zero-order valence-electron chi connectivity index (χ0n) is 29.2. The van der Waals surface area contributed by atoms with E-state index in [9.17, 15) is 14.2 Å². The van der Waals surface area contributed by atoms with Crippen LogP contribution in [0.25, 0.3) is 0 Å². The summed E-state index contributed by atoms with van der Waals surface area (Å²) in [4.78, 5) is 27.5. The van der Waals surface area contributed by atoms with Crippen molar-refractivity contribution in [2.24, 2.45) is 0 Å². The van der Waals surface area contributed by atoms with Gasteiger partial charge in [0.15, 0.2) is 20.6 Å². The number of methoxy groups -OCH3 is 2. The van der Waals surface area contributed by atoms with E-state index < -0.39 is 56.9 Å². The number of nitrogens with one attached hydrogen (secondary N) is 1. The van der Waals surface area contributed by atoms with E-state index in [1.165, 1.54) is 16.8 Å². The van der Waals surface area contributed by atoms with Crippen LogP contribution < -0.4 is 20.7 Å². The minimum Gasteiger partial charge on any atom is -0.497 e. The number of aromatic amines is 1. The lowest BCUT2D eigenvalue weighted by atomic mass is 9.80. The average molecular weight is 739 g/mol. The van der Waals surface area contributed by atoms with Gasteiger partial charge in [-0.15, -0.1) is 0 Å². The second-order valence-corrected chi connectivity index (χ2v) is 19.8. The molecule has 1 N–H and O–H groups in total. The minimum atomic E-state index is -2.57. The molecule has 1 aliphatic rings. The van der Waals surface area contributed by atoms with Gasteiger partial charge in [-0.3, -0.25) is 14.3 Å². The highest BCUT2D eigenvalue weighted by molar-refractivity contribution is 8.25. The molecular formula is C36H43N2O9PSSi. The first kappa shape index (κ1) is 37.7. The molecule has 50 heavy (non-hydrogen) atoms. The predicted molar refractivity (Wildman–Crippen MR) is 195 cm³/mol. The van der Waals surface area contributed by atoms with Crippen LogP contribution in [-0.2, 0) is 40.8 Å². The highest BCUT2D eigenvalue weighted by Crippen LogP contribution is 2.46. The van der Waals surface area contributed by atoms with Crippen LogP contribution in [-0.4, -0.2) is 57.0 Å². The molecule has 4 aromatic rings. The van der Waals surface area contributed by atoms with Gasteiger partial charge in [0.2, 0.25) is 0 Å². The molecule has 14 heteroatoms. The fraction of sp³-hybridized carbons (Fsp3) is 0.389. The van der Waals surface area contributed by atoms with Gasteiger partial charge < -0.3 is 35.6 Å².